The largest absolute Gasteiger partial charge is 0.463 e. The van der Waals surface area contributed by atoms with E-state index in [0.717, 1.165) is 25.0 Å². The van der Waals surface area contributed by atoms with Crippen LogP contribution in [-0.4, -0.2) is 6.54 Å². The van der Waals surface area contributed by atoms with Gasteiger partial charge >= 0.3 is 0 Å². The van der Waals surface area contributed by atoms with Crippen molar-refractivity contribution < 1.29 is 4.42 Å². The molecular weight excluding hydrogens is 266 g/mol. The maximum atomic E-state index is 5.62. The molecule has 0 atom stereocenters. The Hall–Kier alpha value is -1.71. The number of nitrogens with two attached hydrogens (primary N) is 1. The number of hydrogen-bond acceptors (Lipinski definition) is 3. The summed E-state index contributed by atoms with van der Waals surface area (Å²) in [7, 11) is 0. The molecule has 0 fully saturated rings. The van der Waals surface area contributed by atoms with Crippen molar-refractivity contribution in [3.05, 3.63) is 60.4 Å². The Morgan fingerprint density at radius 2 is 1.75 bits per heavy atom. The third-order valence-corrected chi connectivity index (χ3v) is 4.44. The molecule has 3 aromatic rings. The van der Waals surface area contributed by atoms with Gasteiger partial charge in [0.1, 0.15) is 11.8 Å². The monoisotopic (exact) mass is 283 g/mol. The lowest BCUT2D eigenvalue weighted by Crippen LogP contribution is -2.00. The second-order valence-corrected chi connectivity index (χ2v) is 5.78. The van der Waals surface area contributed by atoms with Gasteiger partial charge in [-0.2, -0.15) is 0 Å². The van der Waals surface area contributed by atoms with E-state index < -0.39 is 0 Å². The number of rotatable bonds is 5. The molecule has 0 amide bonds. The SMILES string of the molecule is NCCCc1ccccc1Sc1coc2ccccc12. The Kier molecular flexibility index (Phi) is 4.09. The molecule has 2 aromatic carbocycles. The highest BCUT2D eigenvalue weighted by Crippen LogP contribution is 2.36. The molecule has 1 heterocycles. The molecule has 20 heavy (non-hydrogen) atoms. The van der Waals surface area contributed by atoms with Gasteiger partial charge in [0.15, 0.2) is 0 Å². The maximum Gasteiger partial charge on any atom is 0.135 e. The molecule has 102 valence electrons. The van der Waals surface area contributed by atoms with E-state index in [9.17, 15) is 0 Å². The van der Waals surface area contributed by atoms with Crippen molar-refractivity contribution in [2.75, 3.05) is 6.54 Å². The molecule has 0 saturated heterocycles. The van der Waals surface area contributed by atoms with E-state index in [1.165, 1.54) is 20.7 Å². The molecule has 0 unspecified atom stereocenters. The van der Waals surface area contributed by atoms with Crippen LogP contribution in [0.15, 0.2) is 69.0 Å². The van der Waals surface area contributed by atoms with Gasteiger partial charge in [0.25, 0.3) is 0 Å². The third-order valence-electron chi connectivity index (χ3n) is 3.29. The van der Waals surface area contributed by atoms with Crippen LogP contribution in [0.4, 0.5) is 0 Å². The molecule has 0 aliphatic rings. The first-order chi connectivity index (χ1) is 9.88. The summed E-state index contributed by atoms with van der Waals surface area (Å²) in [5.74, 6) is 0. The summed E-state index contributed by atoms with van der Waals surface area (Å²) in [5.41, 5.74) is 7.91. The number of fused-ring (bicyclic) bond motifs is 1. The number of aryl methyl sites for hydroxylation is 1. The minimum Gasteiger partial charge on any atom is -0.463 e. The predicted octanol–water partition coefficient (Wildman–Crippen LogP) is 4.48. The third kappa shape index (κ3) is 2.74. The molecule has 0 radical (unpaired) electrons. The van der Waals surface area contributed by atoms with Crippen LogP contribution < -0.4 is 5.73 Å². The van der Waals surface area contributed by atoms with Gasteiger partial charge in [-0.3, -0.25) is 0 Å². The Labute approximate surface area is 123 Å². The van der Waals surface area contributed by atoms with Crippen LogP contribution in [0.2, 0.25) is 0 Å². The van der Waals surface area contributed by atoms with Crippen LogP contribution in [0, 0.1) is 0 Å². The Bertz CT molecular complexity index is 705. The van der Waals surface area contributed by atoms with Crippen LogP contribution in [0.25, 0.3) is 11.0 Å². The van der Waals surface area contributed by atoms with Gasteiger partial charge in [-0.1, -0.05) is 42.1 Å². The van der Waals surface area contributed by atoms with Crippen LogP contribution >= 0.6 is 11.8 Å². The standard InChI is InChI=1S/C17H17NOS/c18-11-5-7-13-6-1-4-10-16(13)20-17-12-19-15-9-3-2-8-14(15)17/h1-4,6,8-10,12H,5,7,11,18H2. The minimum atomic E-state index is 0.730. The highest BCUT2D eigenvalue weighted by atomic mass is 32.2. The molecule has 2 N–H and O–H groups in total. The molecule has 0 saturated carbocycles. The topological polar surface area (TPSA) is 39.2 Å². The summed E-state index contributed by atoms with van der Waals surface area (Å²) in [6, 6.07) is 16.7. The number of para-hydroxylation sites is 1. The normalized spacial score (nSPS) is 11.1. The molecular formula is C17H17NOS. The van der Waals surface area contributed by atoms with Crippen molar-refractivity contribution in [2.24, 2.45) is 5.73 Å². The molecule has 0 aliphatic carbocycles. The lowest BCUT2D eigenvalue weighted by molar-refractivity contribution is 0.608. The Morgan fingerprint density at radius 1 is 0.950 bits per heavy atom. The second-order valence-electron chi connectivity index (χ2n) is 4.70. The van der Waals surface area contributed by atoms with Crippen LogP contribution in [0.1, 0.15) is 12.0 Å². The van der Waals surface area contributed by atoms with Crippen molar-refractivity contribution in [3.8, 4) is 0 Å². The van der Waals surface area contributed by atoms with Crippen LogP contribution in [0.3, 0.4) is 0 Å². The summed E-state index contributed by atoms with van der Waals surface area (Å²) in [6.07, 6.45) is 3.88. The smallest absolute Gasteiger partial charge is 0.135 e. The van der Waals surface area contributed by atoms with Crippen molar-refractivity contribution in [1.29, 1.82) is 0 Å². The van der Waals surface area contributed by atoms with E-state index in [4.69, 9.17) is 10.2 Å². The molecule has 1 aromatic heterocycles. The Balaban J connectivity index is 1.91. The quantitative estimate of drug-likeness (QED) is 0.750. The van der Waals surface area contributed by atoms with Crippen molar-refractivity contribution >= 4 is 22.7 Å². The summed E-state index contributed by atoms with van der Waals surface area (Å²) >= 11 is 1.77. The van der Waals surface area contributed by atoms with Crippen molar-refractivity contribution in [3.63, 3.8) is 0 Å². The van der Waals surface area contributed by atoms with E-state index in [0.29, 0.717) is 0 Å². The van der Waals surface area contributed by atoms with E-state index >= 15 is 0 Å². The van der Waals surface area contributed by atoms with Gasteiger partial charge < -0.3 is 10.2 Å². The van der Waals surface area contributed by atoms with E-state index in [-0.39, 0.29) is 0 Å². The number of furan rings is 1. The first-order valence-corrected chi connectivity index (χ1v) is 7.62. The zero-order valence-corrected chi connectivity index (χ0v) is 12.0. The lowest BCUT2D eigenvalue weighted by Gasteiger charge is -2.07. The highest BCUT2D eigenvalue weighted by Gasteiger charge is 2.09. The van der Waals surface area contributed by atoms with Gasteiger partial charge in [-0.25, -0.2) is 0 Å². The first kappa shape index (κ1) is 13.3. The first-order valence-electron chi connectivity index (χ1n) is 6.80. The van der Waals surface area contributed by atoms with Gasteiger partial charge in [0.05, 0.1) is 4.90 Å². The summed E-state index contributed by atoms with van der Waals surface area (Å²) in [4.78, 5) is 2.45. The number of hydrogen-bond donors (Lipinski definition) is 1. The zero-order chi connectivity index (χ0) is 13.8. The molecule has 0 spiro atoms. The summed E-state index contributed by atoms with van der Waals surface area (Å²) < 4.78 is 5.60. The molecule has 3 rings (SSSR count). The van der Waals surface area contributed by atoms with Gasteiger partial charge in [-0.05, 0) is 43.1 Å². The fourth-order valence-corrected chi connectivity index (χ4v) is 3.31. The predicted molar refractivity (Wildman–Crippen MR) is 84.2 cm³/mol. The van der Waals surface area contributed by atoms with E-state index in [1.54, 1.807) is 11.8 Å². The van der Waals surface area contributed by atoms with Crippen molar-refractivity contribution in [1.82, 2.24) is 0 Å². The second kappa shape index (κ2) is 6.16. The summed E-state index contributed by atoms with van der Waals surface area (Å²) in [6.45, 7) is 0.730. The van der Waals surface area contributed by atoms with Crippen LogP contribution in [-0.2, 0) is 6.42 Å². The molecule has 0 aliphatic heterocycles. The van der Waals surface area contributed by atoms with Crippen LogP contribution in [0.5, 0.6) is 0 Å². The molecule has 3 heteroatoms. The fourth-order valence-electron chi connectivity index (χ4n) is 2.25. The van der Waals surface area contributed by atoms with E-state index in [2.05, 4.69) is 30.3 Å². The zero-order valence-electron chi connectivity index (χ0n) is 11.2. The average molecular weight is 283 g/mol. The fraction of sp³-hybridized carbons (Fsp3) is 0.176. The Morgan fingerprint density at radius 3 is 2.65 bits per heavy atom. The van der Waals surface area contributed by atoms with Gasteiger partial charge in [-0.15, -0.1) is 0 Å². The minimum absolute atomic E-state index is 0.730. The van der Waals surface area contributed by atoms with Crippen molar-refractivity contribution in [2.45, 2.75) is 22.6 Å². The van der Waals surface area contributed by atoms with Gasteiger partial charge in [0, 0.05) is 10.3 Å². The molecule has 2 nitrogen and oxygen atoms in total. The molecule has 0 bridgehead atoms. The van der Waals surface area contributed by atoms with E-state index in [1.807, 2.05) is 24.5 Å². The van der Waals surface area contributed by atoms with Gasteiger partial charge in [0.2, 0.25) is 0 Å². The average Bonchev–Trinajstić information content (AvgIpc) is 2.90. The lowest BCUT2D eigenvalue weighted by atomic mass is 10.1. The highest BCUT2D eigenvalue weighted by molar-refractivity contribution is 7.99. The summed E-state index contributed by atoms with van der Waals surface area (Å²) in [5, 5.41) is 1.17. The number of benzene rings is 2. The maximum absolute atomic E-state index is 5.62.